The molecule has 1 amide bonds. The predicted molar refractivity (Wildman–Crippen MR) is 127 cm³/mol. The lowest BCUT2D eigenvalue weighted by molar-refractivity contribution is -0.119. The highest BCUT2D eigenvalue weighted by Gasteiger charge is 2.23. The number of para-hydroxylation sites is 1. The lowest BCUT2D eigenvalue weighted by Crippen LogP contribution is -2.33. The molecular formula is C25H23N5O2S. The molecule has 4 aromatic rings. The van der Waals surface area contributed by atoms with Crippen molar-refractivity contribution in [1.29, 1.82) is 0 Å². The van der Waals surface area contributed by atoms with Crippen LogP contribution in [-0.4, -0.2) is 38.0 Å². The van der Waals surface area contributed by atoms with Crippen LogP contribution in [0.4, 0.5) is 0 Å². The quantitative estimate of drug-likeness (QED) is 0.433. The van der Waals surface area contributed by atoms with Crippen LogP contribution in [0.15, 0.2) is 78.2 Å². The second-order valence-corrected chi connectivity index (χ2v) is 8.74. The number of aromatic nitrogens is 4. The Morgan fingerprint density at radius 1 is 1.09 bits per heavy atom. The van der Waals surface area contributed by atoms with Crippen molar-refractivity contribution >= 4 is 17.7 Å². The zero-order chi connectivity index (χ0) is 22.6. The maximum atomic E-state index is 12.8. The van der Waals surface area contributed by atoms with Crippen LogP contribution in [-0.2, 0) is 4.79 Å². The SMILES string of the molecule is Cc1ccc(-n2c(SCC(=O)NC3CCOc4ccccc43)nnc2-c2ccncc2)cc1. The summed E-state index contributed by atoms with van der Waals surface area (Å²) in [5, 5.41) is 12.6. The average Bonchev–Trinajstić information content (AvgIpc) is 3.28. The molecule has 3 heterocycles. The van der Waals surface area contributed by atoms with Crippen LogP contribution < -0.4 is 10.1 Å². The van der Waals surface area contributed by atoms with E-state index >= 15 is 0 Å². The van der Waals surface area contributed by atoms with Crippen LogP contribution in [0.3, 0.4) is 0 Å². The topological polar surface area (TPSA) is 81.9 Å². The van der Waals surface area contributed by atoms with Gasteiger partial charge in [0.15, 0.2) is 11.0 Å². The molecule has 166 valence electrons. The summed E-state index contributed by atoms with van der Waals surface area (Å²) in [4.78, 5) is 16.9. The van der Waals surface area contributed by atoms with Gasteiger partial charge in [-0.3, -0.25) is 14.3 Å². The van der Waals surface area contributed by atoms with Gasteiger partial charge in [0.2, 0.25) is 5.91 Å². The molecule has 0 aliphatic carbocycles. The third kappa shape index (κ3) is 4.61. The fourth-order valence-electron chi connectivity index (χ4n) is 3.84. The number of carbonyl (C=O) groups excluding carboxylic acids is 1. The van der Waals surface area contributed by atoms with Gasteiger partial charge in [0.1, 0.15) is 5.75 Å². The highest BCUT2D eigenvalue weighted by Crippen LogP contribution is 2.32. The first kappa shape index (κ1) is 21.2. The molecule has 1 unspecified atom stereocenters. The van der Waals surface area contributed by atoms with E-state index in [9.17, 15) is 4.79 Å². The number of amides is 1. The number of aryl methyl sites for hydroxylation is 1. The standard InChI is InChI=1S/C25H23N5O2S/c1-17-6-8-19(9-7-17)30-24(18-10-13-26-14-11-18)28-29-25(30)33-16-23(31)27-21-12-15-32-22-5-3-2-4-20(21)22/h2-11,13-14,21H,12,15-16H2,1H3,(H,27,31). The van der Waals surface area contributed by atoms with Crippen molar-refractivity contribution in [3.63, 3.8) is 0 Å². The minimum absolute atomic E-state index is 0.0504. The molecule has 0 spiro atoms. The van der Waals surface area contributed by atoms with E-state index in [0.717, 1.165) is 29.0 Å². The Morgan fingerprint density at radius 2 is 1.88 bits per heavy atom. The molecule has 0 saturated carbocycles. The van der Waals surface area contributed by atoms with Gasteiger partial charge in [-0.15, -0.1) is 10.2 Å². The summed E-state index contributed by atoms with van der Waals surface area (Å²) < 4.78 is 7.68. The molecular weight excluding hydrogens is 434 g/mol. The smallest absolute Gasteiger partial charge is 0.230 e. The van der Waals surface area contributed by atoms with Gasteiger partial charge in [0.05, 0.1) is 18.4 Å². The summed E-state index contributed by atoms with van der Waals surface area (Å²) in [5.41, 5.74) is 4.04. The number of hydrogen-bond donors (Lipinski definition) is 1. The zero-order valence-corrected chi connectivity index (χ0v) is 19.0. The maximum Gasteiger partial charge on any atom is 0.230 e. The van der Waals surface area contributed by atoms with Crippen molar-refractivity contribution in [2.75, 3.05) is 12.4 Å². The monoisotopic (exact) mass is 457 g/mol. The Kier molecular flexibility index (Phi) is 6.08. The van der Waals surface area contributed by atoms with Crippen LogP contribution >= 0.6 is 11.8 Å². The van der Waals surface area contributed by atoms with E-state index in [1.807, 2.05) is 60.0 Å². The summed E-state index contributed by atoms with van der Waals surface area (Å²) in [7, 11) is 0. The van der Waals surface area contributed by atoms with Crippen LogP contribution in [0.25, 0.3) is 17.1 Å². The van der Waals surface area contributed by atoms with Crippen molar-refractivity contribution in [3.05, 3.63) is 84.2 Å². The second kappa shape index (κ2) is 9.46. The van der Waals surface area contributed by atoms with Crippen LogP contribution in [0, 0.1) is 6.92 Å². The Hall–Kier alpha value is -3.65. The number of rotatable bonds is 6. The molecule has 2 aromatic heterocycles. The van der Waals surface area contributed by atoms with Gasteiger partial charge >= 0.3 is 0 Å². The molecule has 1 N–H and O–H groups in total. The minimum Gasteiger partial charge on any atom is -0.493 e. The fourth-order valence-corrected chi connectivity index (χ4v) is 4.60. The van der Waals surface area contributed by atoms with Crippen molar-refractivity contribution in [2.45, 2.75) is 24.5 Å². The van der Waals surface area contributed by atoms with Crippen LogP contribution in [0.5, 0.6) is 5.75 Å². The number of benzene rings is 2. The summed E-state index contributed by atoms with van der Waals surface area (Å²) in [6.07, 6.45) is 4.21. The molecule has 0 fully saturated rings. The van der Waals surface area contributed by atoms with Gasteiger partial charge in [-0.2, -0.15) is 0 Å². The van der Waals surface area contributed by atoms with E-state index in [4.69, 9.17) is 4.74 Å². The van der Waals surface area contributed by atoms with Crippen molar-refractivity contribution in [2.24, 2.45) is 0 Å². The van der Waals surface area contributed by atoms with Crippen LogP contribution in [0.1, 0.15) is 23.6 Å². The number of pyridine rings is 1. The summed E-state index contributed by atoms with van der Waals surface area (Å²) in [5.74, 6) is 1.73. The number of thioether (sulfide) groups is 1. The average molecular weight is 458 g/mol. The number of carbonyl (C=O) groups is 1. The largest absolute Gasteiger partial charge is 0.493 e. The third-order valence-electron chi connectivity index (χ3n) is 5.49. The lowest BCUT2D eigenvalue weighted by atomic mass is 10.0. The van der Waals surface area contributed by atoms with Gasteiger partial charge in [0.25, 0.3) is 0 Å². The highest BCUT2D eigenvalue weighted by molar-refractivity contribution is 7.99. The number of nitrogens with one attached hydrogen (secondary N) is 1. The zero-order valence-electron chi connectivity index (χ0n) is 18.1. The highest BCUT2D eigenvalue weighted by atomic mass is 32.2. The number of nitrogens with zero attached hydrogens (tertiary/aromatic N) is 4. The van der Waals surface area contributed by atoms with E-state index in [2.05, 4.69) is 32.6 Å². The van der Waals surface area contributed by atoms with Crippen molar-refractivity contribution in [1.82, 2.24) is 25.1 Å². The van der Waals surface area contributed by atoms with Gasteiger partial charge < -0.3 is 10.1 Å². The molecule has 33 heavy (non-hydrogen) atoms. The molecule has 1 aliphatic heterocycles. The molecule has 1 aliphatic rings. The number of fused-ring (bicyclic) bond motifs is 1. The predicted octanol–water partition coefficient (Wildman–Crippen LogP) is 4.37. The summed E-state index contributed by atoms with van der Waals surface area (Å²) >= 11 is 1.37. The second-order valence-electron chi connectivity index (χ2n) is 7.80. The van der Waals surface area contributed by atoms with E-state index in [1.54, 1.807) is 12.4 Å². The first-order valence-electron chi connectivity index (χ1n) is 10.8. The third-order valence-corrected chi connectivity index (χ3v) is 6.42. The van der Waals surface area contributed by atoms with Gasteiger partial charge in [-0.25, -0.2) is 0 Å². The summed E-state index contributed by atoms with van der Waals surface area (Å²) in [6, 6.07) is 19.8. The lowest BCUT2D eigenvalue weighted by Gasteiger charge is -2.26. The Morgan fingerprint density at radius 3 is 2.70 bits per heavy atom. The molecule has 0 saturated heterocycles. The Balaban J connectivity index is 1.36. The normalized spacial score (nSPS) is 14.9. The minimum atomic E-state index is -0.0506. The van der Waals surface area contributed by atoms with Gasteiger partial charge in [0, 0.05) is 35.6 Å². The molecule has 2 aromatic carbocycles. The Bertz CT molecular complexity index is 1260. The first-order valence-corrected chi connectivity index (χ1v) is 11.7. The van der Waals surface area contributed by atoms with E-state index < -0.39 is 0 Å². The molecule has 0 bridgehead atoms. The molecule has 5 rings (SSSR count). The molecule has 8 heteroatoms. The number of ether oxygens (including phenoxy) is 1. The fraction of sp³-hybridized carbons (Fsp3) is 0.200. The molecule has 1 atom stereocenters. The van der Waals surface area contributed by atoms with Crippen molar-refractivity contribution < 1.29 is 9.53 Å². The van der Waals surface area contributed by atoms with E-state index in [0.29, 0.717) is 17.6 Å². The van der Waals surface area contributed by atoms with Crippen molar-refractivity contribution in [3.8, 4) is 22.8 Å². The Labute approximate surface area is 196 Å². The van der Waals surface area contributed by atoms with Crippen LogP contribution in [0.2, 0.25) is 0 Å². The summed E-state index contributed by atoms with van der Waals surface area (Å²) in [6.45, 7) is 2.64. The number of hydrogen-bond acceptors (Lipinski definition) is 6. The molecule has 0 radical (unpaired) electrons. The van der Waals surface area contributed by atoms with Gasteiger partial charge in [-0.05, 0) is 37.3 Å². The molecule has 7 nitrogen and oxygen atoms in total. The van der Waals surface area contributed by atoms with E-state index in [1.165, 1.54) is 17.3 Å². The maximum absolute atomic E-state index is 12.8. The van der Waals surface area contributed by atoms with E-state index in [-0.39, 0.29) is 17.7 Å². The first-order chi connectivity index (χ1) is 16.2. The van der Waals surface area contributed by atoms with Gasteiger partial charge in [-0.1, -0.05) is 47.7 Å².